The maximum Gasteiger partial charge on any atom is 0.272 e. The predicted molar refractivity (Wildman–Crippen MR) is 123 cm³/mol. The van der Waals surface area contributed by atoms with Crippen molar-refractivity contribution in [1.82, 2.24) is 25.1 Å². The number of fused-ring (bicyclic) bond motifs is 1. The van der Waals surface area contributed by atoms with Gasteiger partial charge in [-0.15, -0.1) is 0 Å². The lowest BCUT2D eigenvalue weighted by molar-refractivity contribution is -0.125. The molecule has 0 unspecified atom stereocenters. The number of nitrogens with zero attached hydrogens (tertiary/aromatic N) is 3. The van der Waals surface area contributed by atoms with Crippen molar-refractivity contribution in [3.05, 3.63) is 41.7 Å². The molecular formula is C24H35N5O2. The zero-order valence-electron chi connectivity index (χ0n) is 19.4. The summed E-state index contributed by atoms with van der Waals surface area (Å²) < 4.78 is 2.16. The van der Waals surface area contributed by atoms with Crippen LogP contribution in [0.1, 0.15) is 56.7 Å². The molecule has 168 valence electrons. The minimum absolute atomic E-state index is 0.159. The van der Waals surface area contributed by atoms with Crippen LogP contribution in [0.4, 0.5) is 0 Å². The molecule has 0 bridgehead atoms. The van der Waals surface area contributed by atoms with Crippen molar-refractivity contribution in [2.75, 3.05) is 20.1 Å². The van der Waals surface area contributed by atoms with Gasteiger partial charge in [-0.05, 0) is 31.8 Å². The lowest BCUT2D eigenvalue weighted by Gasteiger charge is -2.30. The molecule has 2 amide bonds. The van der Waals surface area contributed by atoms with Crippen molar-refractivity contribution in [3.63, 3.8) is 0 Å². The van der Waals surface area contributed by atoms with E-state index in [-0.39, 0.29) is 11.8 Å². The van der Waals surface area contributed by atoms with Crippen molar-refractivity contribution in [2.24, 2.45) is 5.41 Å². The van der Waals surface area contributed by atoms with E-state index in [0.717, 1.165) is 43.0 Å². The highest BCUT2D eigenvalue weighted by Gasteiger charge is 2.35. The molecule has 1 atom stereocenters. The van der Waals surface area contributed by atoms with Gasteiger partial charge in [-0.1, -0.05) is 58.0 Å². The van der Waals surface area contributed by atoms with Gasteiger partial charge in [0.1, 0.15) is 11.9 Å². The smallest absolute Gasteiger partial charge is 0.272 e. The molecule has 7 heteroatoms. The number of carbonyl (C=O) groups is 2. The van der Waals surface area contributed by atoms with Crippen LogP contribution in [0.5, 0.6) is 0 Å². The molecule has 31 heavy (non-hydrogen) atoms. The lowest BCUT2D eigenvalue weighted by Crippen LogP contribution is -2.53. The van der Waals surface area contributed by atoms with Crippen LogP contribution in [0.25, 0.3) is 11.4 Å². The van der Waals surface area contributed by atoms with Crippen LogP contribution < -0.4 is 10.6 Å². The molecule has 1 aromatic carbocycles. The fourth-order valence-electron chi connectivity index (χ4n) is 3.94. The summed E-state index contributed by atoms with van der Waals surface area (Å²) in [7, 11) is 2.06. The number of carbonyl (C=O) groups excluding carboxylic acids is 2. The summed E-state index contributed by atoms with van der Waals surface area (Å²) in [4.78, 5) is 33.2. The minimum atomic E-state index is -0.646. The molecule has 1 aromatic heterocycles. The van der Waals surface area contributed by atoms with Gasteiger partial charge in [0.15, 0.2) is 5.69 Å². The number of hydrogen-bond acceptors (Lipinski definition) is 4. The number of nitrogens with one attached hydrogen (secondary N) is 2. The van der Waals surface area contributed by atoms with Crippen molar-refractivity contribution < 1.29 is 9.59 Å². The molecule has 2 aromatic rings. The van der Waals surface area contributed by atoms with Crippen LogP contribution >= 0.6 is 0 Å². The molecule has 1 aliphatic rings. The zero-order valence-corrected chi connectivity index (χ0v) is 19.4. The lowest BCUT2D eigenvalue weighted by atomic mass is 9.86. The van der Waals surface area contributed by atoms with Gasteiger partial charge in [0.05, 0.1) is 5.69 Å². The van der Waals surface area contributed by atoms with Gasteiger partial charge in [0.2, 0.25) is 5.91 Å². The molecule has 7 nitrogen and oxygen atoms in total. The van der Waals surface area contributed by atoms with E-state index in [0.29, 0.717) is 18.8 Å². The number of amides is 2. The van der Waals surface area contributed by atoms with Gasteiger partial charge in [-0.2, -0.15) is 0 Å². The van der Waals surface area contributed by atoms with Gasteiger partial charge in [-0.3, -0.25) is 9.59 Å². The number of aromatic nitrogens is 2. The topological polar surface area (TPSA) is 79.3 Å². The van der Waals surface area contributed by atoms with Gasteiger partial charge in [-0.25, -0.2) is 4.98 Å². The van der Waals surface area contributed by atoms with Crippen LogP contribution in [-0.2, 0) is 17.9 Å². The SMILES string of the molecule is CCCNC(=O)[C@@H](NC(=O)c1nc(-c2ccccc2)n2c1CN(C)CCC2)C(C)(C)C. The van der Waals surface area contributed by atoms with E-state index >= 15 is 0 Å². The Hall–Kier alpha value is -2.67. The normalized spacial score (nSPS) is 15.6. The van der Waals surface area contributed by atoms with E-state index in [4.69, 9.17) is 4.98 Å². The number of benzene rings is 1. The molecule has 2 N–H and O–H groups in total. The van der Waals surface area contributed by atoms with Gasteiger partial charge < -0.3 is 20.1 Å². The first-order valence-electron chi connectivity index (χ1n) is 11.1. The summed E-state index contributed by atoms with van der Waals surface area (Å²) in [6.45, 7) is 10.9. The first-order valence-corrected chi connectivity index (χ1v) is 11.1. The monoisotopic (exact) mass is 425 g/mol. The van der Waals surface area contributed by atoms with Crippen molar-refractivity contribution in [1.29, 1.82) is 0 Å². The molecular weight excluding hydrogens is 390 g/mol. The van der Waals surface area contributed by atoms with Crippen LogP contribution in [0.15, 0.2) is 30.3 Å². The summed E-state index contributed by atoms with van der Waals surface area (Å²) >= 11 is 0. The predicted octanol–water partition coefficient (Wildman–Crippen LogP) is 3.06. The molecule has 0 saturated heterocycles. The van der Waals surface area contributed by atoms with Crippen LogP contribution in [-0.4, -0.2) is 52.4 Å². The fraction of sp³-hybridized carbons (Fsp3) is 0.542. The number of rotatable bonds is 6. The Morgan fingerprint density at radius 3 is 2.52 bits per heavy atom. The third-order valence-electron chi connectivity index (χ3n) is 5.61. The van der Waals surface area contributed by atoms with E-state index in [9.17, 15) is 9.59 Å². The molecule has 0 fully saturated rings. The van der Waals surface area contributed by atoms with Gasteiger partial charge in [0.25, 0.3) is 5.91 Å². The van der Waals surface area contributed by atoms with Crippen LogP contribution in [0, 0.1) is 5.41 Å². The van der Waals surface area contributed by atoms with E-state index in [2.05, 4.69) is 27.1 Å². The largest absolute Gasteiger partial charge is 0.354 e. The summed E-state index contributed by atoms with van der Waals surface area (Å²) in [6.07, 6.45) is 1.84. The summed E-state index contributed by atoms with van der Waals surface area (Å²) in [5.41, 5.74) is 1.87. The molecule has 0 spiro atoms. The standard InChI is InChI=1S/C24H35N5O2/c1-6-13-25-23(31)20(24(2,3)4)27-22(30)19-18-16-28(5)14-10-15-29(18)21(26-19)17-11-8-7-9-12-17/h7-9,11-12,20H,6,10,13-16H2,1-5H3,(H,25,31)(H,27,30)/t20-/m1/s1. The van der Waals surface area contributed by atoms with Crippen molar-refractivity contribution in [2.45, 2.75) is 59.7 Å². The van der Waals surface area contributed by atoms with Crippen LogP contribution in [0.2, 0.25) is 0 Å². The van der Waals surface area contributed by atoms with Crippen molar-refractivity contribution >= 4 is 11.8 Å². The second kappa shape index (κ2) is 9.64. The Morgan fingerprint density at radius 1 is 1.16 bits per heavy atom. The number of hydrogen-bond donors (Lipinski definition) is 2. The van der Waals surface area contributed by atoms with Crippen LogP contribution in [0.3, 0.4) is 0 Å². The Balaban J connectivity index is 1.98. The van der Waals surface area contributed by atoms with Gasteiger partial charge >= 0.3 is 0 Å². The second-order valence-electron chi connectivity index (χ2n) is 9.40. The van der Waals surface area contributed by atoms with E-state index in [1.165, 1.54) is 0 Å². The summed E-state index contributed by atoms with van der Waals surface area (Å²) in [5, 5.41) is 5.91. The molecule has 2 heterocycles. The first-order chi connectivity index (χ1) is 14.7. The molecule has 0 saturated carbocycles. The zero-order chi connectivity index (χ0) is 22.6. The first kappa shape index (κ1) is 23.0. The summed E-state index contributed by atoms with van der Waals surface area (Å²) in [6, 6.07) is 9.32. The maximum atomic E-state index is 13.4. The number of imidazole rings is 1. The molecule has 3 rings (SSSR count). The highest BCUT2D eigenvalue weighted by Crippen LogP contribution is 2.27. The van der Waals surface area contributed by atoms with Gasteiger partial charge in [0, 0.05) is 25.2 Å². The average molecular weight is 426 g/mol. The van der Waals surface area contributed by atoms with Crippen molar-refractivity contribution in [3.8, 4) is 11.4 Å². The third-order valence-corrected chi connectivity index (χ3v) is 5.61. The quantitative estimate of drug-likeness (QED) is 0.746. The Morgan fingerprint density at radius 2 is 1.87 bits per heavy atom. The molecule has 0 radical (unpaired) electrons. The van der Waals surface area contributed by atoms with E-state index in [1.807, 2.05) is 58.0 Å². The average Bonchev–Trinajstić information content (AvgIpc) is 2.96. The summed E-state index contributed by atoms with van der Waals surface area (Å²) in [5.74, 6) is 0.347. The molecule has 0 aliphatic carbocycles. The van der Waals surface area contributed by atoms with E-state index in [1.54, 1.807) is 0 Å². The maximum absolute atomic E-state index is 13.4. The molecule has 1 aliphatic heterocycles. The minimum Gasteiger partial charge on any atom is -0.354 e. The highest BCUT2D eigenvalue weighted by atomic mass is 16.2. The fourth-order valence-corrected chi connectivity index (χ4v) is 3.94. The third kappa shape index (κ3) is 5.34. The second-order valence-corrected chi connectivity index (χ2v) is 9.40. The highest BCUT2D eigenvalue weighted by molar-refractivity contribution is 5.98. The Kier molecular flexibility index (Phi) is 7.15. The van der Waals surface area contributed by atoms with E-state index < -0.39 is 11.5 Å². The Labute approximate surface area is 185 Å². The Bertz CT molecular complexity index is 914.